The Morgan fingerprint density at radius 3 is 2.65 bits per heavy atom. The molecule has 0 saturated carbocycles. The van der Waals surface area contributed by atoms with Gasteiger partial charge in [0.25, 0.3) is 0 Å². The molecule has 0 bridgehead atoms. The van der Waals surface area contributed by atoms with Crippen LogP contribution >= 0.6 is 11.3 Å². The number of imidazole rings is 1. The van der Waals surface area contributed by atoms with Crippen molar-refractivity contribution in [3.05, 3.63) is 83.3 Å². The maximum absolute atomic E-state index is 13.7. The number of benzene rings is 1. The molecule has 1 aliphatic rings. The Kier molecular flexibility index (Phi) is 5.64. The van der Waals surface area contributed by atoms with Gasteiger partial charge in [-0.15, -0.1) is 11.3 Å². The van der Waals surface area contributed by atoms with Crippen LogP contribution in [0.4, 0.5) is 10.1 Å². The number of rotatable bonds is 5. The second kappa shape index (κ2) is 9.01. The minimum atomic E-state index is -0.249. The van der Waals surface area contributed by atoms with Crippen LogP contribution < -0.4 is 5.32 Å². The average molecular weight is 511 g/mol. The Labute approximate surface area is 216 Å². The van der Waals surface area contributed by atoms with Crippen molar-refractivity contribution in [2.75, 3.05) is 5.32 Å². The number of pyridine rings is 2. The number of hydrogen-bond acceptors (Lipinski definition) is 6. The molecule has 4 aromatic heterocycles. The Morgan fingerprint density at radius 2 is 1.86 bits per heavy atom. The van der Waals surface area contributed by atoms with E-state index in [0.717, 1.165) is 60.8 Å². The molecule has 0 spiro atoms. The summed E-state index contributed by atoms with van der Waals surface area (Å²) in [5, 5.41) is 2.66. The lowest BCUT2D eigenvalue weighted by Gasteiger charge is -2.10. The van der Waals surface area contributed by atoms with Crippen LogP contribution in [0.2, 0.25) is 0 Å². The van der Waals surface area contributed by atoms with Gasteiger partial charge in [0.2, 0.25) is 5.91 Å². The first-order valence-corrected chi connectivity index (χ1v) is 12.8. The highest BCUT2D eigenvalue weighted by molar-refractivity contribution is 7.14. The van der Waals surface area contributed by atoms with Crippen LogP contribution in [-0.2, 0) is 4.79 Å². The second-order valence-electron chi connectivity index (χ2n) is 9.33. The van der Waals surface area contributed by atoms with Gasteiger partial charge in [-0.1, -0.05) is 26.0 Å². The molecule has 0 radical (unpaired) electrons. The van der Waals surface area contributed by atoms with E-state index in [9.17, 15) is 9.18 Å². The number of thiophene rings is 1. The molecule has 1 atom stereocenters. The van der Waals surface area contributed by atoms with Crippen LogP contribution in [0.5, 0.6) is 0 Å². The molecule has 9 heteroatoms. The number of aromatic nitrogens is 4. The zero-order chi connectivity index (χ0) is 25.7. The number of anilines is 1. The van der Waals surface area contributed by atoms with Crippen LogP contribution in [0.3, 0.4) is 0 Å². The maximum atomic E-state index is 13.7. The lowest BCUT2D eigenvalue weighted by Crippen LogP contribution is -2.17. The van der Waals surface area contributed by atoms with Crippen molar-refractivity contribution in [3.63, 3.8) is 0 Å². The highest BCUT2D eigenvalue weighted by Gasteiger charge is 2.26. The first kappa shape index (κ1) is 23.2. The van der Waals surface area contributed by atoms with Gasteiger partial charge in [0, 0.05) is 39.9 Å². The highest BCUT2D eigenvalue weighted by atomic mass is 32.1. The summed E-state index contributed by atoms with van der Waals surface area (Å²) in [5.41, 5.74) is 7.62. The van der Waals surface area contributed by atoms with Crippen LogP contribution in [0.1, 0.15) is 43.8 Å². The molecule has 184 valence electrons. The summed E-state index contributed by atoms with van der Waals surface area (Å²) in [5.74, 6) is 0.461. The van der Waals surface area contributed by atoms with Gasteiger partial charge in [0.05, 0.1) is 29.6 Å². The molecule has 0 aliphatic carbocycles. The number of fused-ring (bicyclic) bond motifs is 2. The van der Waals surface area contributed by atoms with Crippen LogP contribution in [0.15, 0.2) is 66.2 Å². The molecule has 1 amide bonds. The van der Waals surface area contributed by atoms with Gasteiger partial charge in [0.1, 0.15) is 11.2 Å². The van der Waals surface area contributed by atoms with E-state index in [1.54, 1.807) is 30.9 Å². The predicted octanol–water partition coefficient (Wildman–Crippen LogP) is 6.39. The number of nitrogens with zero attached hydrogens (tertiary/aromatic N) is 4. The van der Waals surface area contributed by atoms with Crippen molar-refractivity contribution >= 4 is 39.7 Å². The predicted molar refractivity (Wildman–Crippen MR) is 144 cm³/mol. The van der Waals surface area contributed by atoms with Gasteiger partial charge in [-0.2, -0.15) is 4.39 Å². The maximum Gasteiger partial charge on any atom is 0.226 e. The van der Waals surface area contributed by atoms with E-state index >= 15 is 0 Å². The van der Waals surface area contributed by atoms with Gasteiger partial charge in [-0.3, -0.25) is 19.8 Å². The lowest BCUT2D eigenvalue weighted by molar-refractivity contribution is -0.118. The van der Waals surface area contributed by atoms with Crippen molar-refractivity contribution < 1.29 is 9.18 Å². The van der Waals surface area contributed by atoms with Crippen molar-refractivity contribution in [2.45, 2.75) is 26.8 Å². The van der Waals surface area contributed by atoms with E-state index in [1.807, 2.05) is 26.0 Å². The number of amides is 1. The SMILES string of the molecule is CC(C)C(=O)Nc1cncc(-c2ccc3c(c2)C(c2nc4c(-c5ccc(F)s5)cncc4[nH]2)=NC3C)c1. The van der Waals surface area contributed by atoms with E-state index in [1.165, 1.54) is 6.07 Å². The first-order chi connectivity index (χ1) is 17.9. The fourth-order valence-electron chi connectivity index (χ4n) is 4.46. The molecule has 0 fully saturated rings. The van der Waals surface area contributed by atoms with Gasteiger partial charge in [-0.05, 0) is 42.3 Å². The molecular weight excluding hydrogens is 487 g/mol. The molecule has 7 nitrogen and oxygen atoms in total. The molecule has 6 rings (SSSR count). The fraction of sp³-hybridized carbons (Fsp3) is 0.179. The summed E-state index contributed by atoms with van der Waals surface area (Å²) >= 11 is 1.07. The highest BCUT2D eigenvalue weighted by Crippen LogP contribution is 2.36. The number of hydrogen-bond donors (Lipinski definition) is 2. The third-order valence-electron chi connectivity index (χ3n) is 6.40. The number of H-pyrrole nitrogens is 1. The van der Waals surface area contributed by atoms with Crippen molar-refractivity contribution in [3.8, 4) is 21.6 Å². The topological polar surface area (TPSA) is 95.9 Å². The summed E-state index contributed by atoms with van der Waals surface area (Å²) in [6.45, 7) is 5.76. The van der Waals surface area contributed by atoms with Gasteiger partial charge < -0.3 is 10.3 Å². The lowest BCUT2D eigenvalue weighted by atomic mass is 9.96. The fourth-order valence-corrected chi connectivity index (χ4v) is 5.21. The van der Waals surface area contributed by atoms with Crippen LogP contribution in [-0.4, -0.2) is 31.6 Å². The smallest absolute Gasteiger partial charge is 0.226 e. The van der Waals surface area contributed by atoms with E-state index in [0.29, 0.717) is 11.5 Å². The summed E-state index contributed by atoms with van der Waals surface area (Å²) < 4.78 is 13.7. The van der Waals surface area contributed by atoms with E-state index in [4.69, 9.17) is 9.98 Å². The Hall–Kier alpha value is -4.24. The first-order valence-electron chi connectivity index (χ1n) is 12.0. The van der Waals surface area contributed by atoms with E-state index < -0.39 is 0 Å². The molecule has 5 heterocycles. The summed E-state index contributed by atoms with van der Waals surface area (Å²) in [6, 6.07) is 11.3. The van der Waals surface area contributed by atoms with Gasteiger partial charge in [-0.25, -0.2) is 4.98 Å². The number of aliphatic imine (C=N–C) groups is 1. The van der Waals surface area contributed by atoms with Crippen LogP contribution in [0, 0.1) is 11.0 Å². The summed E-state index contributed by atoms with van der Waals surface area (Å²) in [6.07, 6.45) is 6.85. The van der Waals surface area contributed by atoms with Gasteiger partial charge >= 0.3 is 0 Å². The number of carbonyl (C=O) groups is 1. The molecule has 1 unspecified atom stereocenters. The quantitative estimate of drug-likeness (QED) is 0.286. The van der Waals surface area contributed by atoms with Crippen molar-refractivity contribution in [1.29, 1.82) is 0 Å². The molecule has 1 aliphatic heterocycles. The summed E-state index contributed by atoms with van der Waals surface area (Å²) in [7, 11) is 0. The Bertz CT molecular complexity index is 1700. The molecule has 0 saturated heterocycles. The normalized spacial score (nSPS) is 14.7. The minimum absolute atomic E-state index is 0.0222. The van der Waals surface area contributed by atoms with Crippen molar-refractivity contribution in [1.82, 2.24) is 19.9 Å². The summed E-state index contributed by atoms with van der Waals surface area (Å²) in [4.78, 5) is 34.7. The van der Waals surface area contributed by atoms with Crippen LogP contribution in [0.25, 0.3) is 32.6 Å². The molecule has 2 N–H and O–H groups in total. The molecular formula is C28H23FN6OS. The number of nitrogens with one attached hydrogen (secondary N) is 2. The Balaban J connectivity index is 1.39. The van der Waals surface area contributed by atoms with Crippen molar-refractivity contribution in [2.24, 2.45) is 10.9 Å². The number of aromatic amines is 1. The minimum Gasteiger partial charge on any atom is -0.335 e. The molecule has 1 aromatic carbocycles. The number of halogens is 1. The van der Waals surface area contributed by atoms with E-state index in [-0.39, 0.29) is 23.0 Å². The largest absolute Gasteiger partial charge is 0.335 e. The zero-order valence-corrected chi connectivity index (χ0v) is 21.2. The standard InChI is InChI=1S/C28H23FN6OS/c1-14(2)28(36)33-18-8-17(10-30-11-18)16-4-5-19-15(3)32-26(20(19)9-16)27-34-22-13-31-12-21(25(22)35-27)23-6-7-24(29)37-23/h4-15H,1-3H3,(H,33,36)(H,34,35). The number of carbonyl (C=O) groups excluding carboxylic acids is 1. The third-order valence-corrected chi connectivity index (χ3v) is 7.31. The zero-order valence-electron chi connectivity index (χ0n) is 20.4. The van der Waals surface area contributed by atoms with Gasteiger partial charge in [0.15, 0.2) is 11.0 Å². The molecule has 5 aromatic rings. The third kappa shape index (κ3) is 4.21. The van der Waals surface area contributed by atoms with E-state index in [2.05, 4.69) is 39.3 Å². The average Bonchev–Trinajstić information content (AvgIpc) is 3.60. The Morgan fingerprint density at radius 1 is 1.03 bits per heavy atom. The molecule has 37 heavy (non-hydrogen) atoms. The second-order valence-corrected chi connectivity index (χ2v) is 10.4. The monoisotopic (exact) mass is 510 g/mol.